The van der Waals surface area contributed by atoms with E-state index in [4.69, 9.17) is 0 Å². The number of halogens is 2. The normalized spacial score (nSPS) is 17.7. The van der Waals surface area contributed by atoms with Gasteiger partial charge in [-0.3, -0.25) is 9.88 Å². The van der Waals surface area contributed by atoms with Crippen molar-refractivity contribution in [2.75, 3.05) is 19.6 Å². The zero-order valence-electron chi connectivity index (χ0n) is 14.3. The molecule has 4 rings (SSSR count). The highest BCUT2D eigenvalue weighted by Gasteiger charge is 2.24. The van der Waals surface area contributed by atoms with Gasteiger partial charge in [-0.05, 0) is 40.8 Å². The molecule has 1 aromatic carbocycles. The van der Waals surface area contributed by atoms with Crippen molar-refractivity contribution >= 4 is 23.7 Å². The zero-order chi connectivity index (χ0) is 17.1. The minimum absolute atomic E-state index is 0. The van der Waals surface area contributed by atoms with Gasteiger partial charge in [0.05, 0.1) is 0 Å². The van der Waals surface area contributed by atoms with Gasteiger partial charge in [-0.25, -0.2) is 4.39 Å². The van der Waals surface area contributed by atoms with E-state index in [1.807, 2.05) is 41.9 Å². The molecule has 1 N–H and O–H groups in total. The Labute approximate surface area is 163 Å². The standard InChI is InChI=1S/C20H20FN3S.ClH/c21-18-6-5-15(11-17(18)20-4-2-10-25-20)14-24-9-8-23-13-19(24)16-3-1-7-22-12-16;/h1-7,10-12,19,23H,8-9,13-14H2;1H. The molecule has 1 aliphatic rings. The Bertz CT molecular complexity index is 826. The van der Waals surface area contributed by atoms with E-state index in [1.165, 1.54) is 5.56 Å². The molecule has 0 spiro atoms. The van der Waals surface area contributed by atoms with Gasteiger partial charge in [0.25, 0.3) is 0 Å². The summed E-state index contributed by atoms with van der Waals surface area (Å²) in [5, 5.41) is 5.45. The van der Waals surface area contributed by atoms with E-state index in [2.05, 4.69) is 21.3 Å². The molecule has 0 saturated carbocycles. The minimum Gasteiger partial charge on any atom is -0.314 e. The highest BCUT2D eigenvalue weighted by Crippen LogP contribution is 2.30. The average Bonchev–Trinajstić information content (AvgIpc) is 3.19. The van der Waals surface area contributed by atoms with Crippen molar-refractivity contribution in [3.8, 4) is 10.4 Å². The zero-order valence-corrected chi connectivity index (χ0v) is 15.9. The Kier molecular flexibility index (Phi) is 6.38. The van der Waals surface area contributed by atoms with E-state index < -0.39 is 0 Å². The van der Waals surface area contributed by atoms with Crippen molar-refractivity contribution < 1.29 is 4.39 Å². The predicted molar refractivity (Wildman–Crippen MR) is 107 cm³/mol. The maximum atomic E-state index is 14.2. The van der Waals surface area contributed by atoms with Gasteiger partial charge in [-0.15, -0.1) is 23.7 Å². The summed E-state index contributed by atoms with van der Waals surface area (Å²) in [5.74, 6) is -0.157. The molecule has 1 unspecified atom stereocenters. The molecular formula is C20H21ClFN3S. The van der Waals surface area contributed by atoms with E-state index in [-0.39, 0.29) is 24.3 Å². The van der Waals surface area contributed by atoms with Crippen molar-refractivity contribution in [3.63, 3.8) is 0 Å². The maximum Gasteiger partial charge on any atom is 0.131 e. The van der Waals surface area contributed by atoms with Crippen LogP contribution in [0.5, 0.6) is 0 Å². The van der Waals surface area contributed by atoms with Crippen LogP contribution in [0.4, 0.5) is 4.39 Å². The van der Waals surface area contributed by atoms with Crippen molar-refractivity contribution in [1.82, 2.24) is 15.2 Å². The number of piperazine rings is 1. The molecule has 6 heteroatoms. The summed E-state index contributed by atoms with van der Waals surface area (Å²) in [6.45, 7) is 3.64. The summed E-state index contributed by atoms with van der Waals surface area (Å²) in [5.41, 5.74) is 3.05. The summed E-state index contributed by atoms with van der Waals surface area (Å²) in [4.78, 5) is 7.68. The van der Waals surface area contributed by atoms with Gasteiger partial charge in [0.2, 0.25) is 0 Å². The number of hydrogen-bond acceptors (Lipinski definition) is 4. The van der Waals surface area contributed by atoms with Crippen LogP contribution in [0.15, 0.2) is 60.2 Å². The Morgan fingerprint density at radius 1 is 1.23 bits per heavy atom. The molecule has 1 saturated heterocycles. The Hall–Kier alpha value is -1.79. The summed E-state index contributed by atoms with van der Waals surface area (Å²) in [6.07, 6.45) is 3.74. The third-order valence-electron chi connectivity index (χ3n) is 4.63. The second-order valence-electron chi connectivity index (χ2n) is 6.27. The molecule has 2 aromatic heterocycles. The molecule has 3 heterocycles. The number of hydrogen-bond donors (Lipinski definition) is 1. The van der Waals surface area contributed by atoms with Crippen LogP contribution in [0.25, 0.3) is 10.4 Å². The first-order valence-corrected chi connectivity index (χ1v) is 9.36. The maximum absolute atomic E-state index is 14.2. The third-order valence-corrected chi connectivity index (χ3v) is 5.53. The lowest BCUT2D eigenvalue weighted by Gasteiger charge is -2.36. The number of pyridine rings is 1. The van der Waals surface area contributed by atoms with E-state index in [1.54, 1.807) is 23.6 Å². The third kappa shape index (κ3) is 4.13. The van der Waals surface area contributed by atoms with Crippen LogP contribution in [0.2, 0.25) is 0 Å². The molecule has 26 heavy (non-hydrogen) atoms. The number of thiophene rings is 1. The summed E-state index contributed by atoms with van der Waals surface area (Å²) >= 11 is 1.57. The highest BCUT2D eigenvalue weighted by molar-refractivity contribution is 7.13. The molecule has 0 bridgehead atoms. The number of nitrogens with one attached hydrogen (secondary N) is 1. The lowest BCUT2D eigenvalue weighted by Crippen LogP contribution is -2.45. The minimum atomic E-state index is -0.157. The van der Waals surface area contributed by atoms with Gasteiger partial charge < -0.3 is 5.32 Å². The second kappa shape index (κ2) is 8.73. The molecule has 1 fully saturated rings. The molecule has 0 amide bonds. The number of rotatable bonds is 4. The van der Waals surface area contributed by atoms with Gasteiger partial charge >= 0.3 is 0 Å². The number of nitrogens with zero attached hydrogens (tertiary/aromatic N) is 2. The second-order valence-corrected chi connectivity index (χ2v) is 7.22. The van der Waals surface area contributed by atoms with Crippen molar-refractivity contribution in [1.29, 1.82) is 0 Å². The summed E-state index contributed by atoms with van der Waals surface area (Å²) < 4.78 is 14.2. The molecule has 0 aliphatic carbocycles. The number of benzene rings is 1. The van der Waals surface area contributed by atoms with Crippen LogP contribution in [-0.2, 0) is 6.54 Å². The van der Waals surface area contributed by atoms with Crippen LogP contribution >= 0.6 is 23.7 Å². The largest absolute Gasteiger partial charge is 0.314 e. The van der Waals surface area contributed by atoms with Crippen LogP contribution in [-0.4, -0.2) is 29.5 Å². The first kappa shape index (κ1) is 19.0. The molecule has 3 nitrogen and oxygen atoms in total. The monoisotopic (exact) mass is 389 g/mol. The Morgan fingerprint density at radius 3 is 2.92 bits per heavy atom. The first-order chi connectivity index (χ1) is 12.3. The Balaban J connectivity index is 0.00000196. The fraction of sp³-hybridized carbons (Fsp3) is 0.250. The molecule has 0 radical (unpaired) electrons. The van der Waals surface area contributed by atoms with Gasteiger partial charge in [-0.2, -0.15) is 0 Å². The van der Waals surface area contributed by atoms with Crippen LogP contribution in [0.1, 0.15) is 17.2 Å². The smallest absolute Gasteiger partial charge is 0.131 e. The van der Waals surface area contributed by atoms with Gasteiger partial charge in [0.1, 0.15) is 5.82 Å². The quantitative estimate of drug-likeness (QED) is 0.711. The summed E-state index contributed by atoms with van der Waals surface area (Å²) in [6, 6.07) is 13.8. The fourth-order valence-electron chi connectivity index (χ4n) is 3.36. The van der Waals surface area contributed by atoms with Crippen LogP contribution in [0.3, 0.4) is 0 Å². The van der Waals surface area contributed by atoms with Crippen molar-refractivity contribution in [3.05, 3.63) is 77.2 Å². The number of aromatic nitrogens is 1. The molecular weight excluding hydrogens is 369 g/mol. The van der Waals surface area contributed by atoms with Gasteiger partial charge in [-0.1, -0.05) is 18.2 Å². The van der Waals surface area contributed by atoms with Crippen LogP contribution in [0, 0.1) is 5.82 Å². The Morgan fingerprint density at radius 2 is 2.15 bits per heavy atom. The molecule has 3 aromatic rings. The topological polar surface area (TPSA) is 28.2 Å². The van der Waals surface area contributed by atoms with Crippen LogP contribution < -0.4 is 5.32 Å². The summed E-state index contributed by atoms with van der Waals surface area (Å²) in [7, 11) is 0. The van der Waals surface area contributed by atoms with E-state index >= 15 is 0 Å². The SMILES string of the molecule is Cl.Fc1ccc(CN2CCNCC2c2cccnc2)cc1-c1cccs1. The highest BCUT2D eigenvalue weighted by atomic mass is 35.5. The van der Waals surface area contributed by atoms with E-state index in [0.717, 1.165) is 36.6 Å². The molecule has 1 aliphatic heterocycles. The lowest BCUT2D eigenvalue weighted by molar-refractivity contribution is 0.153. The van der Waals surface area contributed by atoms with E-state index in [9.17, 15) is 4.39 Å². The predicted octanol–water partition coefficient (Wildman–Crippen LogP) is 4.52. The van der Waals surface area contributed by atoms with Crippen molar-refractivity contribution in [2.45, 2.75) is 12.6 Å². The van der Waals surface area contributed by atoms with Crippen molar-refractivity contribution in [2.24, 2.45) is 0 Å². The lowest BCUT2D eigenvalue weighted by atomic mass is 10.0. The first-order valence-electron chi connectivity index (χ1n) is 8.48. The van der Waals surface area contributed by atoms with Gasteiger partial charge in [0.15, 0.2) is 0 Å². The fourth-order valence-corrected chi connectivity index (χ4v) is 4.11. The average molecular weight is 390 g/mol. The van der Waals surface area contributed by atoms with Gasteiger partial charge in [0, 0.05) is 55.1 Å². The molecule has 1 atom stereocenters. The van der Waals surface area contributed by atoms with E-state index in [0.29, 0.717) is 5.56 Å². The molecule has 136 valence electrons.